The number of carbonyl (C=O) groups is 1. The zero-order valence-corrected chi connectivity index (χ0v) is 16.9. The fraction of sp³-hybridized carbons (Fsp3) is 0.600. The maximum absolute atomic E-state index is 11.7. The molecule has 1 rings (SSSR count). The van der Waals surface area contributed by atoms with E-state index in [9.17, 15) is 4.79 Å². The standard InChI is InChI=1S/C20H35N5O/c1-6-7-8-9-16(4)24-19(21-5)22-14-17-10-12-18(13-11-17)25-20(26)23-15(2)3/h10-13,15-16H,6-9,14H2,1-5H3,(H2,21,22,24)(H2,23,25,26). The molecule has 1 atom stereocenters. The Morgan fingerprint density at radius 2 is 1.77 bits per heavy atom. The molecule has 146 valence electrons. The normalized spacial score (nSPS) is 12.6. The number of guanidine groups is 1. The van der Waals surface area contributed by atoms with E-state index in [0.717, 1.165) is 23.6 Å². The lowest BCUT2D eigenvalue weighted by Crippen LogP contribution is -2.41. The summed E-state index contributed by atoms with van der Waals surface area (Å²) < 4.78 is 0. The van der Waals surface area contributed by atoms with Crippen molar-refractivity contribution in [1.82, 2.24) is 16.0 Å². The van der Waals surface area contributed by atoms with Gasteiger partial charge < -0.3 is 21.3 Å². The second kappa shape index (κ2) is 12.2. The minimum atomic E-state index is -0.187. The molecular weight excluding hydrogens is 326 g/mol. The highest BCUT2D eigenvalue weighted by atomic mass is 16.2. The molecule has 2 amide bonds. The number of aliphatic imine (C=N–C) groups is 1. The average molecular weight is 362 g/mol. The second-order valence-electron chi connectivity index (χ2n) is 6.92. The van der Waals surface area contributed by atoms with Crippen LogP contribution in [0.15, 0.2) is 29.3 Å². The summed E-state index contributed by atoms with van der Waals surface area (Å²) in [4.78, 5) is 16.0. The molecule has 0 fully saturated rings. The van der Waals surface area contributed by atoms with Crippen molar-refractivity contribution in [3.05, 3.63) is 29.8 Å². The van der Waals surface area contributed by atoms with Gasteiger partial charge in [0.25, 0.3) is 0 Å². The first-order chi connectivity index (χ1) is 12.4. The van der Waals surface area contributed by atoms with Gasteiger partial charge in [0, 0.05) is 31.4 Å². The van der Waals surface area contributed by atoms with Gasteiger partial charge in [-0.05, 0) is 44.9 Å². The predicted molar refractivity (Wildman–Crippen MR) is 111 cm³/mol. The van der Waals surface area contributed by atoms with Gasteiger partial charge in [0.15, 0.2) is 5.96 Å². The van der Waals surface area contributed by atoms with Crippen LogP contribution in [0, 0.1) is 0 Å². The molecule has 0 bridgehead atoms. The Kier molecular flexibility index (Phi) is 10.2. The van der Waals surface area contributed by atoms with E-state index in [1.807, 2.05) is 38.1 Å². The van der Waals surface area contributed by atoms with Gasteiger partial charge in [-0.15, -0.1) is 0 Å². The number of benzene rings is 1. The first kappa shape index (κ1) is 21.8. The van der Waals surface area contributed by atoms with Crippen molar-refractivity contribution >= 4 is 17.7 Å². The minimum absolute atomic E-state index is 0.113. The summed E-state index contributed by atoms with van der Waals surface area (Å²) in [7, 11) is 1.79. The molecule has 0 radical (unpaired) electrons. The third-order valence-electron chi connectivity index (χ3n) is 3.94. The molecule has 0 aliphatic heterocycles. The number of nitrogens with one attached hydrogen (secondary N) is 4. The van der Waals surface area contributed by atoms with Crippen LogP contribution in [0.5, 0.6) is 0 Å². The van der Waals surface area contributed by atoms with E-state index in [4.69, 9.17) is 0 Å². The highest BCUT2D eigenvalue weighted by Gasteiger charge is 2.06. The summed E-state index contributed by atoms with van der Waals surface area (Å²) in [5.41, 5.74) is 1.90. The van der Waals surface area contributed by atoms with Gasteiger partial charge in [0.1, 0.15) is 0 Å². The van der Waals surface area contributed by atoms with Gasteiger partial charge in [-0.1, -0.05) is 38.3 Å². The topological polar surface area (TPSA) is 77.6 Å². The second-order valence-corrected chi connectivity index (χ2v) is 6.92. The number of unbranched alkanes of at least 4 members (excludes halogenated alkanes) is 2. The molecule has 6 heteroatoms. The molecule has 1 unspecified atom stereocenters. The van der Waals surface area contributed by atoms with Crippen LogP contribution in [0.4, 0.5) is 10.5 Å². The summed E-state index contributed by atoms with van der Waals surface area (Å²) in [6.07, 6.45) is 4.89. The van der Waals surface area contributed by atoms with E-state index in [1.165, 1.54) is 19.3 Å². The van der Waals surface area contributed by atoms with Crippen LogP contribution in [-0.4, -0.2) is 31.1 Å². The molecular formula is C20H35N5O. The quantitative estimate of drug-likeness (QED) is 0.306. The number of nitrogens with zero attached hydrogens (tertiary/aromatic N) is 1. The van der Waals surface area contributed by atoms with Crippen molar-refractivity contribution < 1.29 is 4.79 Å². The third-order valence-corrected chi connectivity index (χ3v) is 3.94. The van der Waals surface area contributed by atoms with Gasteiger partial charge in [0.2, 0.25) is 0 Å². The summed E-state index contributed by atoms with van der Waals surface area (Å²) >= 11 is 0. The van der Waals surface area contributed by atoms with Crippen LogP contribution in [0.1, 0.15) is 58.9 Å². The van der Waals surface area contributed by atoms with Crippen molar-refractivity contribution in [2.45, 2.75) is 72.0 Å². The predicted octanol–water partition coefficient (Wildman–Crippen LogP) is 3.85. The number of rotatable bonds is 9. The van der Waals surface area contributed by atoms with Gasteiger partial charge >= 0.3 is 6.03 Å². The van der Waals surface area contributed by atoms with E-state index < -0.39 is 0 Å². The van der Waals surface area contributed by atoms with E-state index in [2.05, 4.69) is 40.1 Å². The molecule has 1 aromatic rings. The maximum atomic E-state index is 11.7. The molecule has 0 saturated heterocycles. The van der Waals surface area contributed by atoms with Crippen molar-refractivity contribution in [1.29, 1.82) is 0 Å². The minimum Gasteiger partial charge on any atom is -0.354 e. The van der Waals surface area contributed by atoms with Crippen molar-refractivity contribution in [2.75, 3.05) is 12.4 Å². The van der Waals surface area contributed by atoms with Gasteiger partial charge in [0.05, 0.1) is 0 Å². The lowest BCUT2D eigenvalue weighted by atomic mass is 10.1. The molecule has 0 aliphatic carbocycles. The van der Waals surface area contributed by atoms with Crippen LogP contribution >= 0.6 is 0 Å². The first-order valence-corrected chi connectivity index (χ1v) is 9.58. The van der Waals surface area contributed by atoms with Crippen LogP contribution in [0.2, 0.25) is 0 Å². The SMILES string of the molecule is CCCCCC(C)NC(=NC)NCc1ccc(NC(=O)NC(C)C)cc1. The van der Waals surface area contributed by atoms with Crippen molar-refractivity contribution in [2.24, 2.45) is 4.99 Å². The molecule has 1 aromatic carbocycles. The van der Waals surface area contributed by atoms with Crippen LogP contribution in [-0.2, 0) is 6.54 Å². The molecule has 0 aromatic heterocycles. The van der Waals surface area contributed by atoms with E-state index in [-0.39, 0.29) is 12.1 Å². The lowest BCUT2D eigenvalue weighted by molar-refractivity contribution is 0.250. The highest BCUT2D eigenvalue weighted by molar-refractivity contribution is 5.89. The molecule has 6 nitrogen and oxygen atoms in total. The van der Waals surface area contributed by atoms with E-state index in [0.29, 0.717) is 12.6 Å². The van der Waals surface area contributed by atoms with E-state index >= 15 is 0 Å². The van der Waals surface area contributed by atoms with E-state index in [1.54, 1.807) is 7.05 Å². The Balaban J connectivity index is 2.42. The fourth-order valence-corrected chi connectivity index (χ4v) is 2.52. The molecule has 0 saturated carbocycles. The number of carbonyl (C=O) groups excluding carboxylic acids is 1. The summed E-state index contributed by atoms with van der Waals surface area (Å²) in [5, 5.41) is 12.4. The molecule has 0 aliphatic rings. The molecule has 0 spiro atoms. The Morgan fingerprint density at radius 1 is 1.08 bits per heavy atom. The van der Waals surface area contributed by atoms with Crippen LogP contribution < -0.4 is 21.3 Å². The number of urea groups is 1. The number of hydrogen-bond acceptors (Lipinski definition) is 2. The average Bonchev–Trinajstić information content (AvgIpc) is 2.59. The Hall–Kier alpha value is -2.24. The fourth-order valence-electron chi connectivity index (χ4n) is 2.52. The molecule has 4 N–H and O–H groups in total. The van der Waals surface area contributed by atoms with Crippen molar-refractivity contribution in [3.8, 4) is 0 Å². The Bertz CT molecular complexity index is 554. The largest absolute Gasteiger partial charge is 0.354 e. The number of anilines is 1. The lowest BCUT2D eigenvalue weighted by Gasteiger charge is -2.18. The molecule has 26 heavy (non-hydrogen) atoms. The number of amides is 2. The smallest absolute Gasteiger partial charge is 0.319 e. The van der Waals surface area contributed by atoms with Gasteiger partial charge in [-0.25, -0.2) is 4.79 Å². The first-order valence-electron chi connectivity index (χ1n) is 9.58. The molecule has 0 heterocycles. The van der Waals surface area contributed by atoms with Gasteiger partial charge in [-0.3, -0.25) is 4.99 Å². The van der Waals surface area contributed by atoms with Crippen LogP contribution in [0.25, 0.3) is 0 Å². The van der Waals surface area contributed by atoms with Gasteiger partial charge in [-0.2, -0.15) is 0 Å². The monoisotopic (exact) mass is 361 g/mol. The van der Waals surface area contributed by atoms with Crippen molar-refractivity contribution in [3.63, 3.8) is 0 Å². The maximum Gasteiger partial charge on any atom is 0.319 e. The zero-order valence-electron chi connectivity index (χ0n) is 16.9. The Labute approximate surface area is 158 Å². The summed E-state index contributed by atoms with van der Waals surface area (Å²) in [6.45, 7) is 8.95. The zero-order chi connectivity index (χ0) is 19.4. The third kappa shape index (κ3) is 9.30. The Morgan fingerprint density at radius 3 is 2.35 bits per heavy atom. The summed E-state index contributed by atoms with van der Waals surface area (Å²) in [5.74, 6) is 0.813. The highest BCUT2D eigenvalue weighted by Crippen LogP contribution is 2.09. The van der Waals surface area contributed by atoms with Crippen LogP contribution in [0.3, 0.4) is 0 Å². The summed E-state index contributed by atoms with van der Waals surface area (Å²) in [6, 6.07) is 8.13. The number of hydrogen-bond donors (Lipinski definition) is 4.